The molecule has 0 aliphatic rings. The van der Waals surface area contributed by atoms with Crippen LogP contribution in [0.15, 0.2) is 21.8 Å². The number of aromatic nitrogens is 2. The van der Waals surface area contributed by atoms with E-state index in [0.29, 0.717) is 11.0 Å². The van der Waals surface area contributed by atoms with Gasteiger partial charge in [-0.3, -0.25) is 0 Å². The Hall–Kier alpha value is -0.980. The molecule has 15 heavy (non-hydrogen) atoms. The molecular formula is C7H4Cl2N2O3S. The Labute approximate surface area is 93.4 Å². The molecule has 0 aliphatic heterocycles. The molecule has 1 aromatic carbocycles. The van der Waals surface area contributed by atoms with E-state index in [-0.39, 0.29) is 9.92 Å². The van der Waals surface area contributed by atoms with Gasteiger partial charge >= 0.3 is 5.69 Å². The number of aromatic amines is 2. The topological polar surface area (TPSA) is 82.8 Å². The molecule has 8 heteroatoms. The lowest BCUT2D eigenvalue weighted by molar-refractivity contribution is 0.609. The molecule has 0 bridgehead atoms. The first-order chi connectivity index (χ1) is 6.88. The van der Waals surface area contributed by atoms with Crippen molar-refractivity contribution >= 4 is 42.4 Å². The first-order valence-electron chi connectivity index (χ1n) is 3.74. The third-order valence-corrected chi connectivity index (χ3v) is 3.62. The lowest BCUT2D eigenvalue weighted by Crippen LogP contribution is -1.99. The highest BCUT2D eigenvalue weighted by Gasteiger charge is 2.16. The quantitative estimate of drug-likeness (QED) is 0.767. The predicted octanol–water partition coefficient (Wildman–Crippen LogP) is 1.44. The number of benzene rings is 1. The van der Waals surface area contributed by atoms with E-state index in [1.54, 1.807) is 0 Å². The van der Waals surface area contributed by atoms with Crippen LogP contribution in [0.2, 0.25) is 5.02 Å². The van der Waals surface area contributed by atoms with Crippen LogP contribution in [-0.4, -0.2) is 18.4 Å². The fourth-order valence-electron chi connectivity index (χ4n) is 1.22. The third kappa shape index (κ3) is 1.88. The smallest absolute Gasteiger partial charge is 0.306 e. The fourth-order valence-corrected chi connectivity index (χ4v) is 2.74. The van der Waals surface area contributed by atoms with Crippen molar-refractivity contribution in [3.8, 4) is 0 Å². The lowest BCUT2D eigenvalue weighted by Gasteiger charge is -1.99. The highest BCUT2D eigenvalue weighted by molar-refractivity contribution is 8.13. The highest BCUT2D eigenvalue weighted by atomic mass is 35.7. The Balaban J connectivity index is 2.89. The predicted molar refractivity (Wildman–Crippen MR) is 57.0 cm³/mol. The van der Waals surface area contributed by atoms with Crippen molar-refractivity contribution in [3.05, 3.63) is 27.6 Å². The van der Waals surface area contributed by atoms with Crippen molar-refractivity contribution < 1.29 is 8.42 Å². The van der Waals surface area contributed by atoms with E-state index >= 15 is 0 Å². The number of halogens is 2. The van der Waals surface area contributed by atoms with Crippen LogP contribution in [0.3, 0.4) is 0 Å². The maximum absolute atomic E-state index is 11.1. The van der Waals surface area contributed by atoms with Crippen molar-refractivity contribution in [2.75, 3.05) is 0 Å². The van der Waals surface area contributed by atoms with Gasteiger partial charge in [0, 0.05) is 10.7 Å². The zero-order valence-corrected chi connectivity index (χ0v) is 9.37. The monoisotopic (exact) mass is 266 g/mol. The zero-order valence-electron chi connectivity index (χ0n) is 7.04. The molecule has 1 heterocycles. The number of nitrogens with one attached hydrogen (secondary N) is 2. The van der Waals surface area contributed by atoms with Gasteiger partial charge in [0.15, 0.2) is 0 Å². The van der Waals surface area contributed by atoms with Gasteiger partial charge in [-0.25, -0.2) is 13.2 Å². The molecule has 0 spiro atoms. The van der Waals surface area contributed by atoms with E-state index in [0.717, 1.165) is 0 Å². The molecule has 0 amide bonds. The van der Waals surface area contributed by atoms with Crippen molar-refractivity contribution in [2.45, 2.75) is 4.90 Å². The number of H-pyrrole nitrogens is 2. The van der Waals surface area contributed by atoms with Crippen LogP contribution < -0.4 is 5.69 Å². The van der Waals surface area contributed by atoms with E-state index in [4.69, 9.17) is 22.3 Å². The Kier molecular flexibility index (Phi) is 2.29. The van der Waals surface area contributed by atoms with Crippen LogP contribution in [0.4, 0.5) is 0 Å². The molecule has 0 atom stereocenters. The zero-order chi connectivity index (χ0) is 11.2. The summed E-state index contributed by atoms with van der Waals surface area (Å²) in [5.74, 6) is 0. The standard InChI is InChI=1S/C7H4Cl2N2O3S/c8-3-1-4-5(11-7(12)10-4)2-6(3)15(9,13)14/h1-2H,(H2,10,11,12). The average Bonchev–Trinajstić information content (AvgIpc) is 2.40. The number of rotatable bonds is 1. The molecule has 5 nitrogen and oxygen atoms in total. The summed E-state index contributed by atoms with van der Waals surface area (Å²) in [4.78, 5) is 15.5. The Morgan fingerprint density at radius 1 is 1.13 bits per heavy atom. The fraction of sp³-hybridized carbons (Fsp3) is 0. The summed E-state index contributed by atoms with van der Waals surface area (Å²) in [6, 6.07) is 2.53. The molecule has 0 saturated heterocycles. The van der Waals surface area contributed by atoms with Crippen molar-refractivity contribution in [1.82, 2.24) is 9.97 Å². The second-order valence-corrected chi connectivity index (χ2v) is 5.79. The molecule has 0 unspecified atom stereocenters. The van der Waals surface area contributed by atoms with Crippen LogP contribution in [0.5, 0.6) is 0 Å². The van der Waals surface area contributed by atoms with Gasteiger partial charge < -0.3 is 9.97 Å². The maximum atomic E-state index is 11.1. The number of imidazole rings is 1. The number of fused-ring (bicyclic) bond motifs is 1. The minimum Gasteiger partial charge on any atom is -0.306 e. The molecule has 0 radical (unpaired) electrons. The summed E-state index contributed by atoms with van der Waals surface area (Å²) in [5, 5.41) is -0.0345. The average molecular weight is 267 g/mol. The van der Waals surface area contributed by atoms with Gasteiger partial charge in [0.05, 0.1) is 16.1 Å². The molecule has 2 N–H and O–H groups in total. The van der Waals surface area contributed by atoms with Crippen molar-refractivity contribution in [3.63, 3.8) is 0 Å². The van der Waals surface area contributed by atoms with E-state index in [2.05, 4.69) is 9.97 Å². The summed E-state index contributed by atoms with van der Waals surface area (Å²) in [6.07, 6.45) is 0. The molecule has 0 fully saturated rings. The summed E-state index contributed by atoms with van der Waals surface area (Å²) in [6.45, 7) is 0. The van der Waals surface area contributed by atoms with E-state index in [9.17, 15) is 13.2 Å². The van der Waals surface area contributed by atoms with Crippen LogP contribution in [0, 0.1) is 0 Å². The molecule has 2 rings (SSSR count). The highest BCUT2D eigenvalue weighted by Crippen LogP contribution is 2.27. The van der Waals surface area contributed by atoms with Gasteiger partial charge in [-0.15, -0.1) is 0 Å². The van der Waals surface area contributed by atoms with Crippen molar-refractivity contribution in [1.29, 1.82) is 0 Å². The first-order valence-corrected chi connectivity index (χ1v) is 6.43. The summed E-state index contributed by atoms with van der Waals surface area (Å²) < 4.78 is 22.2. The van der Waals surface area contributed by atoms with Crippen molar-refractivity contribution in [2.24, 2.45) is 0 Å². The van der Waals surface area contributed by atoms with E-state index in [1.807, 2.05) is 0 Å². The number of hydrogen-bond acceptors (Lipinski definition) is 3. The SMILES string of the molecule is O=c1[nH]c2cc(Cl)c(S(=O)(=O)Cl)cc2[nH]1. The Morgan fingerprint density at radius 3 is 2.20 bits per heavy atom. The van der Waals surface area contributed by atoms with E-state index in [1.165, 1.54) is 12.1 Å². The molecule has 2 aromatic rings. The molecule has 0 saturated carbocycles. The van der Waals surface area contributed by atoms with Gasteiger partial charge in [-0.2, -0.15) is 0 Å². The Bertz CT molecular complexity index is 686. The van der Waals surface area contributed by atoms with Crippen LogP contribution in [-0.2, 0) is 9.05 Å². The molecule has 1 aromatic heterocycles. The van der Waals surface area contributed by atoms with Crippen LogP contribution in [0.1, 0.15) is 0 Å². The number of hydrogen-bond donors (Lipinski definition) is 2. The Morgan fingerprint density at radius 2 is 1.67 bits per heavy atom. The van der Waals surface area contributed by atoms with Gasteiger partial charge in [0.25, 0.3) is 9.05 Å². The minimum absolute atomic E-state index is 0.0345. The van der Waals surface area contributed by atoms with Gasteiger partial charge in [0.2, 0.25) is 0 Å². The molecule has 80 valence electrons. The minimum atomic E-state index is -3.91. The summed E-state index contributed by atoms with van der Waals surface area (Å²) in [7, 11) is 1.25. The second-order valence-electron chi connectivity index (χ2n) is 2.85. The summed E-state index contributed by atoms with van der Waals surface area (Å²) in [5.41, 5.74) is 0.322. The van der Waals surface area contributed by atoms with Crippen LogP contribution in [0.25, 0.3) is 11.0 Å². The summed E-state index contributed by atoms with van der Waals surface area (Å²) >= 11 is 5.70. The second kappa shape index (κ2) is 3.26. The normalized spacial score (nSPS) is 12.1. The first kappa shape index (κ1) is 10.5. The van der Waals surface area contributed by atoms with E-state index < -0.39 is 14.7 Å². The third-order valence-electron chi connectivity index (χ3n) is 1.83. The van der Waals surface area contributed by atoms with Gasteiger partial charge in [-0.1, -0.05) is 11.6 Å². The molecule has 0 aliphatic carbocycles. The largest absolute Gasteiger partial charge is 0.323 e. The van der Waals surface area contributed by atoms with Gasteiger partial charge in [-0.05, 0) is 12.1 Å². The van der Waals surface area contributed by atoms with Gasteiger partial charge in [0.1, 0.15) is 4.90 Å². The molecular weight excluding hydrogens is 263 g/mol. The van der Waals surface area contributed by atoms with Crippen LogP contribution >= 0.6 is 22.3 Å². The lowest BCUT2D eigenvalue weighted by atomic mass is 10.3. The maximum Gasteiger partial charge on any atom is 0.323 e.